The van der Waals surface area contributed by atoms with Crippen molar-refractivity contribution < 1.29 is 40.7 Å². The second-order valence-corrected chi connectivity index (χ2v) is 8.50. The smallest absolute Gasteiger partial charge is 0.465 e. The van der Waals surface area contributed by atoms with Crippen molar-refractivity contribution in [2.75, 3.05) is 19.8 Å². The molecule has 0 aromatic rings. The minimum absolute atomic E-state index is 0.0809. The van der Waals surface area contributed by atoms with Crippen LogP contribution in [0, 0.1) is 17.3 Å². The molecule has 0 radical (unpaired) electrons. The summed E-state index contributed by atoms with van der Waals surface area (Å²) in [6.07, 6.45) is 1.50. The highest BCUT2D eigenvalue weighted by Gasteiger charge is 2.49. The van der Waals surface area contributed by atoms with Crippen LogP contribution in [0.4, 0.5) is 13.2 Å². The van der Waals surface area contributed by atoms with Gasteiger partial charge < -0.3 is 9.47 Å². The predicted octanol–water partition coefficient (Wildman–Crippen LogP) is 1.34. The number of ether oxygens (including phenoxy) is 2. The van der Waals surface area contributed by atoms with Crippen LogP contribution in [0.3, 0.4) is 0 Å². The molecule has 2 aliphatic rings. The van der Waals surface area contributed by atoms with Crippen LogP contribution in [0.1, 0.15) is 32.6 Å². The summed E-state index contributed by atoms with van der Waals surface area (Å²) in [4.78, 5) is 24.3. The van der Waals surface area contributed by atoms with E-state index in [4.69, 9.17) is 9.47 Å². The molecule has 2 fully saturated rings. The lowest BCUT2D eigenvalue weighted by atomic mass is 9.79. The van der Waals surface area contributed by atoms with Crippen LogP contribution in [-0.4, -0.2) is 45.6 Å². The first-order chi connectivity index (χ1) is 11.5. The fourth-order valence-corrected chi connectivity index (χ4v) is 3.41. The maximum absolute atomic E-state index is 12.4. The summed E-state index contributed by atoms with van der Waals surface area (Å²) < 4.78 is 70.7. The molecule has 0 spiro atoms. The standard InChI is InChI=1S/C14H20F3NO6S/c1-13(6-23-7-13)8-24-12(20)10-5-3-2-4-9(10)11(19)18-25(21,22)14(15,16)17/h9-10H,2-8H2,1H3,(H,18,19). The van der Waals surface area contributed by atoms with Gasteiger partial charge in [0.05, 0.1) is 25.0 Å². The number of rotatable bonds is 5. The number of alkyl halides is 3. The van der Waals surface area contributed by atoms with Crippen molar-refractivity contribution in [2.24, 2.45) is 17.3 Å². The lowest BCUT2D eigenvalue weighted by molar-refractivity contribution is -0.172. The van der Waals surface area contributed by atoms with Crippen LogP contribution >= 0.6 is 0 Å². The Balaban J connectivity index is 2.01. The van der Waals surface area contributed by atoms with E-state index >= 15 is 0 Å². The largest absolute Gasteiger partial charge is 0.516 e. The zero-order chi connectivity index (χ0) is 18.9. The van der Waals surface area contributed by atoms with Gasteiger partial charge in [0.2, 0.25) is 5.91 Å². The molecule has 25 heavy (non-hydrogen) atoms. The Morgan fingerprint density at radius 3 is 2.24 bits per heavy atom. The van der Waals surface area contributed by atoms with Crippen molar-refractivity contribution in [2.45, 2.75) is 38.1 Å². The van der Waals surface area contributed by atoms with E-state index in [9.17, 15) is 31.2 Å². The summed E-state index contributed by atoms with van der Waals surface area (Å²) in [6.45, 7) is 2.79. The Hall–Kier alpha value is -1.36. The molecular formula is C14H20F3NO6S. The fraction of sp³-hybridized carbons (Fsp3) is 0.857. The predicted molar refractivity (Wildman–Crippen MR) is 78.5 cm³/mol. The molecule has 1 amide bonds. The van der Waals surface area contributed by atoms with Crippen LogP contribution < -0.4 is 4.72 Å². The van der Waals surface area contributed by atoms with Gasteiger partial charge in [-0.25, -0.2) is 4.72 Å². The molecule has 1 N–H and O–H groups in total. The Morgan fingerprint density at radius 2 is 1.76 bits per heavy atom. The summed E-state index contributed by atoms with van der Waals surface area (Å²) in [6, 6.07) is 0. The van der Waals surface area contributed by atoms with E-state index in [2.05, 4.69) is 0 Å². The Bertz CT molecular complexity index is 629. The molecule has 7 nitrogen and oxygen atoms in total. The molecule has 1 heterocycles. The van der Waals surface area contributed by atoms with E-state index in [0.717, 1.165) is 4.72 Å². The molecule has 0 aromatic heterocycles. The topological polar surface area (TPSA) is 98.8 Å². The van der Waals surface area contributed by atoms with Gasteiger partial charge in [-0.2, -0.15) is 21.6 Å². The van der Waals surface area contributed by atoms with Gasteiger partial charge in [-0.05, 0) is 12.8 Å². The highest BCUT2D eigenvalue weighted by atomic mass is 32.2. The number of sulfonamides is 1. The van der Waals surface area contributed by atoms with E-state index in [0.29, 0.717) is 26.1 Å². The molecular weight excluding hydrogens is 367 g/mol. The fourth-order valence-electron chi connectivity index (χ4n) is 2.88. The summed E-state index contributed by atoms with van der Waals surface area (Å²) in [7, 11) is -5.79. The zero-order valence-corrected chi connectivity index (χ0v) is 14.4. The van der Waals surface area contributed by atoms with Gasteiger partial charge in [-0.1, -0.05) is 19.8 Å². The van der Waals surface area contributed by atoms with Crippen molar-refractivity contribution in [1.29, 1.82) is 0 Å². The van der Waals surface area contributed by atoms with Gasteiger partial charge in [0, 0.05) is 5.41 Å². The van der Waals surface area contributed by atoms with Gasteiger partial charge in [0.25, 0.3) is 0 Å². The number of nitrogens with one attached hydrogen (secondary N) is 1. The third kappa shape index (κ3) is 4.63. The Labute approximate surface area is 143 Å². The Morgan fingerprint density at radius 1 is 1.20 bits per heavy atom. The molecule has 2 unspecified atom stereocenters. The van der Waals surface area contributed by atoms with E-state index in [1.807, 2.05) is 6.92 Å². The van der Waals surface area contributed by atoms with E-state index in [1.54, 1.807) is 0 Å². The molecule has 1 aliphatic carbocycles. The lowest BCUT2D eigenvalue weighted by Gasteiger charge is -2.38. The monoisotopic (exact) mass is 387 g/mol. The highest BCUT2D eigenvalue weighted by Crippen LogP contribution is 2.33. The summed E-state index contributed by atoms with van der Waals surface area (Å²) in [5, 5.41) is 0. The minimum Gasteiger partial charge on any atom is -0.465 e. The zero-order valence-electron chi connectivity index (χ0n) is 13.6. The average Bonchev–Trinajstić information content (AvgIpc) is 2.49. The number of carbonyl (C=O) groups excluding carboxylic acids is 2. The molecule has 11 heteroatoms. The molecule has 2 atom stereocenters. The maximum atomic E-state index is 12.4. The van der Waals surface area contributed by atoms with Crippen LogP contribution in [0.2, 0.25) is 0 Å². The first-order valence-electron chi connectivity index (χ1n) is 7.82. The number of halogens is 3. The molecule has 144 valence electrons. The van der Waals surface area contributed by atoms with Crippen molar-refractivity contribution in [3.8, 4) is 0 Å². The first-order valence-corrected chi connectivity index (χ1v) is 9.31. The third-order valence-electron chi connectivity index (χ3n) is 4.41. The van der Waals surface area contributed by atoms with Crippen LogP contribution in [0.15, 0.2) is 0 Å². The number of hydrogen-bond donors (Lipinski definition) is 1. The van der Waals surface area contributed by atoms with Crippen molar-refractivity contribution >= 4 is 21.9 Å². The lowest BCUT2D eigenvalue weighted by Crippen LogP contribution is -2.48. The van der Waals surface area contributed by atoms with Crippen LogP contribution in [0.5, 0.6) is 0 Å². The van der Waals surface area contributed by atoms with E-state index < -0.39 is 39.2 Å². The van der Waals surface area contributed by atoms with Gasteiger partial charge >= 0.3 is 21.5 Å². The maximum Gasteiger partial charge on any atom is 0.516 e. The van der Waals surface area contributed by atoms with Gasteiger partial charge in [-0.3, -0.25) is 9.59 Å². The van der Waals surface area contributed by atoms with Crippen LogP contribution in [-0.2, 0) is 29.1 Å². The minimum atomic E-state index is -5.79. The molecule has 1 saturated carbocycles. The molecule has 0 bridgehead atoms. The molecule has 2 rings (SSSR count). The molecule has 1 saturated heterocycles. The summed E-state index contributed by atoms with van der Waals surface area (Å²) >= 11 is 0. The number of hydrogen-bond acceptors (Lipinski definition) is 6. The SMILES string of the molecule is CC1(COC(=O)C2CCCCC2C(=O)NS(=O)(=O)C(F)(F)F)COC1. The normalized spacial score (nSPS) is 26.4. The molecule has 0 aromatic carbocycles. The van der Waals surface area contributed by atoms with Crippen molar-refractivity contribution in [3.63, 3.8) is 0 Å². The van der Waals surface area contributed by atoms with E-state index in [1.165, 1.54) is 0 Å². The first kappa shape index (κ1) is 20.0. The number of amides is 1. The quantitative estimate of drug-likeness (QED) is 0.715. The number of esters is 1. The molecule has 1 aliphatic heterocycles. The highest BCUT2D eigenvalue weighted by molar-refractivity contribution is 7.90. The Kier molecular flexibility index (Phi) is 5.67. The summed E-state index contributed by atoms with van der Waals surface area (Å²) in [5.74, 6) is -4.14. The summed E-state index contributed by atoms with van der Waals surface area (Å²) in [5.41, 5.74) is -5.89. The average molecular weight is 387 g/mol. The van der Waals surface area contributed by atoms with Crippen molar-refractivity contribution in [3.05, 3.63) is 0 Å². The van der Waals surface area contributed by atoms with Crippen molar-refractivity contribution in [1.82, 2.24) is 4.72 Å². The van der Waals surface area contributed by atoms with Crippen LogP contribution in [0.25, 0.3) is 0 Å². The van der Waals surface area contributed by atoms with Gasteiger partial charge in [0.1, 0.15) is 6.61 Å². The van der Waals surface area contributed by atoms with Gasteiger partial charge in [-0.15, -0.1) is 0 Å². The third-order valence-corrected chi connectivity index (χ3v) is 5.49. The second-order valence-electron chi connectivity index (χ2n) is 6.82. The van der Waals surface area contributed by atoms with E-state index in [-0.39, 0.29) is 24.9 Å². The second kappa shape index (κ2) is 7.10. The van der Waals surface area contributed by atoms with Gasteiger partial charge in [0.15, 0.2) is 0 Å². The number of carbonyl (C=O) groups is 2.